The second-order valence-corrected chi connectivity index (χ2v) is 6.98. The number of hydrogen-bond acceptors (Lipinski definition) is 3. The van der Waals surface area contributed by atoms with Gasteiger partial charge < -0.3 is 5.32 Å². The highest BCUT2D eigenvalue weighted by atomic mass is 16.7. The van der Waals surface area contributed by atoms with Crippen LogP contribution in [0.15, 0.2) is 84.9 Å². The molecule has 1 aliphatic rings. The van der Waals surface area contributed by atoms with Crippen LogP contribution in [0.4, 0.5) is 0 Å². The summed E-state index contributed by atoms with van der Waals surface area (Å²) in [4.78, 5) is 6.23. The zero-order valence-corrected chi connectivity index (χ0v) is 15.6. The van der Waals surface area contributed by atoms with Crippen molar-refractivity contribution in [2.75, 3.05) is 19.6 Å². The maximum Gasteiger partial charge on any atom is 0.0936 e. The number of hydroxylamine groups is 2. The minimum atomic E-state index is 0.224. The van der Waals surface area contributed by atoms with E-state index >= 15 is 0 Å². The summed E-state index contributed by atoms with van der Waals surface area (Å²) in [6, 6.07) is 30.0. The molecule has 1 fully saturated rings. The first-order valence-corrected chi connectivity index (χ1v) is 9.66. The third kappa shape index (κ3) is 4.64. The molecule has 1 saturated heterocycles. The highest BCUT2D eigenvalue weighted by Gasteiger charge is 2.26. The third-order valence-electron chi connectivity index (χ3n) is 5.09. The lowest BCUT2D eigenvalue weighted by Gasteiger charge is -2.36. The van der Waals surface area contributed by atoms with Crippen molar-refractivity contribution < 1.29 is 4.84 Å². The molecule has 3 aromatic carbocycles. The highest BCUT2D eigenvalue weighted by Crippen LogP contribution is 2.27. The Morgan fingerprint density at radius 1 is 0.815 bits per heavy atom. The molecule has 1 heterocycles. The number of hydrogen-bond donors (Lipinski definition) is 1. The molecule has 0 saturated carbocycles. The summed E-state index contributed by atoms with van der Waals surface area (Å²) in [7, 11) is 0. The van der Waals surface area contributed by atoms with E-state index in [1.807, 2.05) is 6.07 Å². The van der Waals surface area contributed by atoms with E-state index in [0.717, 1.165) is 26.1 Å². The van der Waals surface area contributed by atoms with Crippen LogP contribution in [0.3, 0.4) is 0 Å². The van der Waals surface area contributed by atoms with Crippen molar-refractivity contribution >= 4 is 0 Å². The summed E-state index contributed by atoms with van der Waals surface area (Å²) in [6.07, 6.45) is 0.944. The van der Waals surface area contributed by atoms with E-state index in [-0.39, 0.29) is 6.04 Å². The van der Waals surface area contributed by atoms with Gasteiger partial charge in [-0.2, -0.15) is 5.06 Å². The van der Waals surface area contributed by atoms with Crippen molar-refractivity contribution in [1.82, 2.24) is 10.4 Å². The standard InChI is InChI=1S/C24H26N2O/c1-3-9-20(10-4-1)17-22-13-7-8-14-23(22)24-18-25-15-16-26(24)27-19-21-11-5-2-6-12-21/h1-14,24-25H,15-19H2. The SMILES string of the molecule is c1ccc(CON2CCNCC2c2ccccc2Cc2ccccc2)cc1. The van der Waals surface area contributed by atoms with E-state index in [1.165, 1.54) is 22.3 Å². The number of nitrogens with one attached hydrogen (secondary N) is 1. The van der Waals surface area contributed by atoms with Gasteiger partial charge in [-0.1, -0.05) is 84.9 Å². The number of rotatable bonds is 6. The zero-order chi connectivity index (χ0) is 18.3. The first kappa shape index (κ1) is 17.9. The molecule has 4 rings (SSSR count). The first-order valence-electron chi connectivity index (χ1n) is 9.66. The van der Waals surface area contributed by atoms with Gasteiger partial charge in [0.15, 0.2) is 0 Å². The average Bonchev–Trinajstić information content (AvgIpc) is 2.74. The second kappa shape index (κ2) is 8.96. The van der Waals surface area contributed by atoms with Crippen molar-refractivity contribution in [3.05, 3.63) is 107 Å². The summed E-state index contributed by atoms with van der Waals surface area (Å²) in [5.74, 6) is 0. The molecule has 3 aromatic rings. The molecule has 3 nitrogen and oxygen atoms in total. The molecule has 0 amide bonds. The molecule has 1 atom stereocenters. The second-order valence-electron chi connectivity index (χ2n) is 6.98. The molecular formula is C24H26N2O. The topological polar surface area (TPSA) is 24.5 Å². The Bertz CT molecular complexity index is 835. The Morgan fingerprint density at radius 3 is 2.26 bits per heavy atom. The van der Waals surface area contributed by atoms with Gasteiger partial charge in [0.25, 0.3) is 0 Å². The normalized spacial score (nSPS) is 17.7. The summed E-state index contributed by atoms with van der Waals surface area (Å²) >= 11 is 0. The average molecular weight is 358 g/mol. The van der Waals surface area contributed by atoms with E-state index in [9.17, 15) is 0 Å². The molecule has 0 spiro atoms. The fraction of sp³-hybridized carbons (Fsp3) is 0.250. The fourth-order valence-corrected chi connectivity index (χ4v) is 3.67. The van der Waals surface area contributed by atoms with Gasteiger partial charge in [0, 0.05) is 19.6 Å². The van der Waals surface area contributed by atoms with Gasteiger partial charge >= 0.3 is 0 Å². The molecule has 0 bridgehead atoms. The quantitative estimate of drug-likeness (QED) is 0.709. The zero-order valence-electron chi connectivity index (χ0n) is 15.6. The van der Waals surface area contributed by atoms with Gasteiger partial charge in [-0.15, -0.1) is 0 Å². The van der Waals surface area contributed by atoms with Crippen molar-refractivity contribution in [2.45, 2.75) is 19.1 Å². The predicted molar refractivity (Wildman–Crippen MR) is 109 cm³/mol. The lowest BCUT2D eigenvalue weighted by atomic mass is 9.94. The van der Waals surface area contributed by atoms with Crippen LogP contribution in [-0.4, -0.2) is 24.7 Å². The smallest absolute Gasteiger partial charge is 0.0936 e. The third-order valence-corrected chi connectivity index (χ3v) is 5.09. The monoisotopic (exact) mass is 358 g/mol. The Balaban J connectivity index is 1.53. The summed E-state index contributed by atoms with van der Waals surface area (Å²) < 4.78 is 0. The van der Waals surface area contributed by atoms with E-state index in [1.54, 1.807) is 0 Å². The molecular weight excluding hydrogens is 332 g/mol. The van der Waals surface area contributed by atoms with Crippen molar-refractivity contribution in [1.29, 1.82) is 0 Å². The molecule has 1 aliphatic heterocycles. The van der Waals surface area contributed by atoms with Gasteiger partial charge in [-0.25, -0.2) is 0 Å². The number of benzene rings is 3. The maximum atomic E-state index is 6.23. The Hall–Kier alpha value is -2.46. The predicted octanol–water partition coefficient (Wildman–Crippen LogP) is 4.36. The van der Waals surface area contributed by atoms with Crippen LogP contribution in [0.25, 0.3) is 0 Å². The molecule has 27 heavy (non-hydrogen) atoms. The molecule has 1 unspecified atom stereocenters. The number of piperazine rings is 1. The Kier molecular flexibility index (Phi) is 5.95. The minimum absolute atomic E-state index is 0.224. The highest BCUT2D eigenvalue weighted by molar-refractivity contribution is 5.35. The fourth-order valence-electron chi connectivity index (χ4n) is 3.67. The minimum Gasteiger partial charge on any atom is -0.313 e. The first-order chi connectivity index (χ1) is 13.4. The molecule has 0 aliphatic carbocycles. The van der Waals surface area contributed by atoms with Crippen molar-refractivity contribution in [3.63, 3.8) is 0 Å². The van der Waals surface area contributed by atoms with Gasteiger partial charge in [-0.3, -0.25) is 4.84 Å². The summed E-state index contributed by atoms with van der Waals surface area (Å²) in [5, 5.41) is 5.69. The van der Waals surface area contributed by atoms with Gasteiger partial charge in [0.05, 0.1) is 12.6 Å². The largest absolute Gasteiger partial charge is 0.313 e. The van der Waals surface area contributed by atoms with E-state index in [4.69, 9.17) is 4.84 Å². The van der Waals surface area contributed by atoms with Gasteiger partial charge in [0.2, 0.25) is 0 Å². The lowest BCUT2D eigenvalue weighted by Crippen LogP contribution is -2.46. The van der Waals surface area contributed by atoms with Crippen molar-refractivity contribution in [2.24, 2.45) is 0 Å². The van der Waals surface area contributed by atoms with Crippen LogP contribution >= 0.6 is 0 Å². The van der Waals surface area contributed by atoms with E-state index in [2.05, 4.69) is 89.2 Å². The maximum absolute atomic E-state index is 6.23. The lowest BCUT2D eigenvalue weighted by molar-refractivity contribution is -0.205. The van der Waals surface area contributed by atoms with E-state index in [0.29, 0.717) is 6.61 Å². The molecule has 0 aromatic heterocycles. The van der Waals surface area contributed by atoms with E-state index < -0.39 is 0 Å². The summed E-state index contributed by atoms with van der Waals surface area (Å²) in [6.45, 7) is 3.35. The van der Waals surface area contributed by atoms with Crippen LogP contribution in [0.5, 0.6) is 0 Å². The van der Waals surface area contributed by atoms with Crippen LogP contribution in [0.1, 0.15) is 28.3 Å². The van der Waals surface area contributed by atoms with Crippen LogP contribution in [0.2, 0.25) is 0 Å². The number of nitrogens with zero attached hydrogens (tertiary/aromatic N) is 1. The molecule has 3 heteroatoms. The molecule has 1 N–H and O–H groups in total. The van der Waals surface area contributed by atoms with Gasteiger partial charge in [-0.05, 0) is 28.7 Å². The van der Waals surface area contributed by atoms with Crippen molar-refractivity contribution in [3.8, 4) is 0 Å². The van der Waals surface area contributed by atoms with Crippen LogP contribution < -0.4 is 5.32 Å². The summed E-state index contributed by atoms with van der Waals surface area (Å²) in [5.41, 5.74) is 5.25. The van der Waals surface area contributed by atoms with Crippen LogP contribution in [-0.2, 0) is 17.9 Å². The molecule has 0 radical (unpaired) electrons. The molecule has 138 valence electrons. The Labute approximate surface area is 161 Å². The van der Waals surface area contributed by atoms with Gasteiger partial charge in [0.1, 0.15) is 0 Å². The Morgan fingerprint density at radius 2 is 1.48 bits per heavy atom. The van der Waals surface area contributed by atoms with Crippen LogP contribution in [0, 0.1) is 0 Å².